The van der Waals surface area contributed by atoms with Crippen molar-refractivity contribution in [2.75, 3.05) is 0 Å². The fraction of sp³-hybridized carbons (Fsp3) is 0.0870. The maximum atomic E-state index is 13.4. The largest absolute Gasteiger partial charge is 0.270 e. The molecular formula is C23H16N2O2. The Labute approximate surface area is 156 Å². The van der Waals surface area contributed by atoms with Crippen LogP contribution in [0.3, 0.4) is 0 Å². The van der Waals surface area contributed by atoms with Crippen molar-refractivity contribution in [2.45, 2.75) is 13.5 Å². The monoisotopic (exact) mass is 352 g/mol. The third-order valence-electron chi connectivity index (χ3n) is 5.27. The van der Waals surface area contributed by atoms with E-state index in [1.54, 1.807) is 12.3 Å². The Morgan fingerprint density at radius 3 is 2.56 bits per heavy atom. The van der Waals surface area contributed by atoms with Gasteiger partial charge in [-0.15, -0.1) is 0 Å². The van der Waals surface area contributed by atoms with Crippen molar-refractivity contribution in [3.8, 4) is 0 Å². The number of carbonyl (C=O) groups is 2. The van der Waals surface area contributed by atoms with Gasteiger partial charge in [0, 0.05) is 22.8 Å². The summed E-state index contributed by atoms with van der Waals surface area (Å²) in [5.74, 6) is -0.500. The summed E-state index contributed by atoms with van der Waals surface area (Å²) in [6.07, 6.45) is 1.71. The highest BCUT2D eigenvalue weighted by atomic mass is 16.2. The van der Waals surface area contributed by atoms with Gasteiger partial charge in [-0.05, 0) is 46.8 Å². The molecule has 0 unspecified atom stereocenters. The van der Waals surface area contributed by atoms with Crippen LogP contribution in [0, 0.1) is 6.92 Å². The maximum Gasteiger partial charge on any atom is 0.262 e. The minimum Gasteiger partial charge on any atom is -0.270 e. The molecule has 3 aromatic carbocycles. The molecule has 0 saturated carbocycles. The van der Waals surface area contributed by atoms with E-state index in [1.165, 1.54) is 4.90 Å². The smallest absolute Gasteiger partial charge is 0.262 e. The highest BCUT2D eigenvalue weighted by Gasteiger charge is 2.34. The van der Waals surface area contributed by atoms with Crippen LogP contribution < -0.4 is 0 Å². The summed E-state index contributed by atoms with van der Waals surface area (Å²) >= 11 is 0. The van der Waals surface area contributed by atoms with Crippen molar-refractivity contribution in [1.29, 1.82) is 0 Å². The van der Waals surface area contributed by atoms with Crippen molar-refractivity contribution in [3.63, 3.8) is 0 Å². The number of nitrogens with zero attached hydrogens (tertiary/aromatic N) is 2. The summed E-state index contributed by atoms with van der Waals surface area (Å²) in [4.78, 5) is 32.2. The Hall–Kier alpha value is -3.53. The standard InChI is InChI=1S/C23H16N2O2/c1-14-17(8-5-11-24-14)13-25-22(26)19-10-4-7-16-12-15-6-2-3-9-18(15)21(20(16)19)23(25)27/h2-12H,13H2,1H3. The van der Waals surface area contributed by atoms with Crippen LogP contribution in [0.15, 0.2) is 66.9 Å². The van der Waals surface area contributed by atoms with Crippen molar-refractivity contribution >= 4 is 33.4 Å². The first-order chi connectivity index (χ1) is 13.1. The van der Waals surface area contributed by atoms with Gasteiger partial charge in [-0.2, -0.15) is 0 Å². The van der Waals surface area contributed by atoms with Gasteiger partial charge in [-0.1, -0.05) is 42.5 Å². The zero-order valence-electron chi connectivity index (χ0n) is 14.8. The number of hydrogen-bond donors (Lipinski definition) is 0. The van der Waals surface area contributed by atoms with Crippen LogP contribution in [-0.2, 0) is 6.54 Å². The molecule has 0 bridgehead atoms. The van der Waals surface area contributed by atoms with Crippen molar-refractivity contribution in [1.82, 2.24) is 9.88 Å². The fourth-order valence-electron chi connectivity index (χ4n) is 3.89. The number of fused-ring (bicyclic) bond motifs is 2. The molecule has 5 rings (SSSR count). The first-order valence-electron chi connectivity index (χ1n) is 8.86. The molecule has 0 spiro atoms. The molecule has 0 aliphatic carbocycles. The lowest BCUT2D eigenvalue weighted by Crippen LogP contribution is -2.40. The Kier molecular flexibility index (Phi) is 3.34. The minimum atomic E-state index is -0.253. The number of imide groups is 1. The summed E-state index contributed by atoms with van der Waals surface area (Å²) in [5.41, 5.74) is 2.88. The molecule has 4 aromatic rings. The normalized spacial score (nSPS) is 13.6. The number of rotatable bonds is 2. The molecule has 2 heterocycles. The van der Waals surface area contributed by atoms with Gasteiger partial charge in [0.15, 0.2) is 0 Å². The van der Waals surface area contributed by atoms with E-state index in [1.807, 2.05) is 61.5 Å². The van der Waals surface area contributed by atoms with E-state index < -0.39 is 0 Å². The van der Waals surface area contributed by atoms with E-state index in [9.17, 15) is 9.59 Å². The summed E-state index contributed by atoms with van der Waals surface area (Å²) in [6, 6.07) is 19.2. The summed E-state index contributed by atoms with van der Waals surface area (Å²) in [7, 11) is 0. The number of aromatic nitrogens is 1. The zero-order valence-corrected chi connectivity index (χ0v) is 14.8. The minimum absolute atomic E-state index is 0.219. The van der Waals surface area contributed by atoms with E-state index in [4.69, 9.17) is 0 Å². The van der Waals surface area contributed by atoms with Crippen molar-refractivity contribution in [2.24, 2.45) is 0 Å². The topological polar surface area (TPSA) is 50.3 Å². The fourth-order valence-corrected chi connectivity index (χ4v) is 3.89. The zero-order chi connectivity index (χ0) is 18.5. The van der Waals surface area contributed by atoms with Crippen LogP contribution in [0.4, 0.5) is 0 Å². The molecule has 0 saturated heterocycles. The predicted octanol–water partition coefficient (Wildman–Crippen LogP) is 4.49. The molecule has 0 fully saturated rings. The Bertz CT molecular complexity index is 1260. The second kappa shape index (κ2) is 5.74. The first kappa shape index (κ1) is 15.7. The predicted molar refractivity (Wildman–Crippen MR) is 105 cm³/mol. The molecule has 4 nitrogen and oxygen atoms in total. The molecular weight excluding hydrogens is 336 g/mol. The number of amides is 2. The van der Waals surface area contributed by atoms with Gasteiger partial charge in [-0.3, -0.25) is 19.5 Å². The number of pyridine rings is 1. The average molecular weight is 352 g/mol. The Morgan fingerprint density at radius 2 is 1.70 bits per heavy atom. The van der Waals surface area contributed by atoms with E-state index in [0.717, 1.165) is 32.8 Å². The third kappa shape index (κ3) is 2.27. The highest BCUT2D eigenvalue weighted by Crippen LogP contribution is 2.36. The van der Waals surface area contributed by atoms with E-state index >= 15 is 0 Å². The molecule has 4 heteroatoms. The Morgan fingerprint density at radius 1 is 0.889 bits per heavy atom. The first-order valence-corrected chi connectivity index (χ1v) is 8.86. The molecule has 1 aliphatic rings. The quantitative estimate of drug-likeness (QED) is 0.394. The molecule has 0 radical (unpaired) electrons. The van der Waals surface area contributed by atoms with Gasteiger partial charge in [0.25, 0.3) is 11.8 Å². The molecule has 0 atom stereocenters. The van der Waals surface area contributed by atoms with Crippen LogP contribution >= 0.6 is 0 Å². The summed E-state index contributed by atoms with van der Waals surface area (Å²) in [5, 5.41) is 3.55. The summed E-state index contributed by atoms with van der Waals surface area (Å²) < 4.78 is 0. The highest BCUT2D eigenvalue weighted by molar-refractivity contribution is 6.30. The van der Waals surface area contributed by atoms with Crippen LogP contribution in [-0.4, -0.2) is 21.7 Å². The number of carbonyl (C=O) groups excluding carboxylic acids is 2. The van der Waals surface area contributed by atoms with Crippen LogP contribution in [0.25, 0.3) is 21.5 Å². The van der Waals surface area contributed by atoms with Crippen LogP contribution in [0.2, 0.25) is 0 Å². The van der Waals surface area contributed by atoms with Crippen molar-refractivity contribution < 1.29 is 9.59 Å². The second-order valence-electron chi connectivity index (χ2n) is 6.82. The lowest BCUT2D eigenvalue weighted by molar-refractivity contribution is 0.0599. The maximum absolute atomic E-state index is 13.4. The molecule has 0 N–H and O–H groups in total. The van der Waals surface area contributed by atoms with E-state index in [0.29, 0.717) is 11.1 Å². The Balaban J connectivity index is 1.77. The second-order valence-corrected chi connectivity index (χ2v) is 6.82. The van der Waals surface area contributed by atoms with Gasteiger partial charge < -0.3 is 0 Å². The number of hydrogen-bond acceptors (Lipinski definition) is 3. The van der Waals surface area contributed by atoms with E-state index in [-0.39, 0.29) is 18.4 Å². The van der Waals surface area contributed by atoms with Gasteiger partial charge in [-0.25, -0.2) is 0 Å². The van der Waals surface area contributed by atoms with Crippen molar-refractivity contribution in [3.05, 3.63) is 89.2 Å². The SMILES string of the molecule is Cc1ncccc1CN1C(=O)c2cccc3cc4ccccc4c(c23)C1=O. The molecule has 1 aliphatic heterocycles. The summed E-state index contributed by atoms with van der Waals surface area (Å²) in [6.45, 7) is 2.11. The lowest BCUT2D eigenvalue weighted by Gasteiger charge is -2.28. The number of aryl methyl sites for hydroxylation is 1. The molecule has 2 amide bonds. The molecule has 1 aromatic heterocycles. The number of benzene rings is 3. The average Bonchev–Trinajstić information content (AvgIpc) is 2.69. The van der Waals surface area contributed by atoms with Gasteiger partial charge >= 0.3 is 0 Å². The molecule has 130 valence electrons. The van der Waals surface area contributed by atoms with Gasteiger partial charge in [0.05, 0.1) is 12.1 Å². The van der Waals surface area contributed by atoms with Crippen LogP contribution in [0.1, 0.15) is 32.0 Å². The van der Waals surface area contributed by atoms with E-state index in [2.05, 4.69) is 4.98 Å². The van der Waals surface area contributed by atoms with Crippen LogP contribution in [0.5, 0.6) is 0 Å². The van der Waals surface area contributed by atoms with Gasteiger partial charge in [0.2, 0.25) is 0 Å². The molecule has 27 heavy (non-hydrogen) atoms. The third-order valence-corrected chi connectivity index (χ3v) is 5.27. The van der Waals surface area contributed by atoms with Gasteiger partial charge in [0.1, 0.15) is 0 Å². The lowest BCUT2D eigenvalue weighted by atomic mass is 9.89.